The Morgan fingerprint density at radius 2 is 1.92 bits per heavy atom. The van der Waals surface area contributed by atoms with E-state index >= 15 is 0 Å². The highest BCUT2D eigenvalue weighted by Crippen LogP contribution is 2.18. The van der Waals surface area contributed by atoms with E-state index in [0.717, 1.165) is 11.3 Å². The van der Waals surface area contributed by atoms with Gasteiger partial charge in [0, 0.05) is 17.8 Å². The predicted molar refractivity (Wildman–Crippen MR) is 119 cm³/mol. The lowest BCUT2D eigenvalue weighted by Crippen LogP contribution is -2.22. The summed E-state index contributed by atoms with van der Waals surface area (Å²) in [7, 11) is 3.83. The maximum atomic E-state index is 14.1. The number of benzene rings is 2. The van der Waals surface area contributed by atoms with Crippen molar-refractivity contribution in [2.45, 2.75) is 32.9 Å². The number of halogens is 2. The summed E-state index contributed by atoms with van der Waals surface area (Å²) in [5, 5.41) is 3.09. The molecule has 0 aliphatic carbocycles. The largest absolute Gasteiger partial charge is 0.370 e. The van der Waals surface area contributed by atoms with Gasteiger partial charge < -0.3 is 16.0 Å². The van der Waals surface area contributed by atoms with E-state index in [4.69, 9.17) is 5.73 Å². The number of nitrogens with two attached hydrogens (primary N) is 1. The third-order valence-corrected chi connectivity index (χ3v) is 3.86. The average molecular weight is 470 g/mol. The summed E-state index contributed by atoms with van der Waals surface area (Å²) in [6.07, 6.45) is 0. The molecule has 26 heavy (non-hydrogen) atoms. The maximum absolute atomic E-state index is 14.1. The highest BCUT2D eigenvalue weighted by Gasteiger charge is 2.05. The van der Waals surface area contributed by atoms with Crippen molar-refractivity contribution in [1.82, 2.24) is 4.90 Å². The van der Waals surface area contributed by atoms with Gasteiger partial charge in [0.1, 0.15) is 5.82 Å². The summed E-state index contributed by atoms with van der Waals surface area (Å²) in [5.74, 6) is 0.555. The van der Waals surface area contributed by atoms with Crippen LogP contribution in [0.1, 0.15) is 36.5 Å². The Morgan fingerprint density at radius 1 is 1.19 bits per heavy atom. The molecule has 0 saturated heterocycles. The van der Waals surface area contributed by atoms with Gasteiger partial charge in [-0.25, -0.2) is 9.38 Å². The molecule has 4 nitrogen and oxygen atoms in total. The van der Waals surface area contributed by atoms with Crippen molar-refractivity contribution >= 4 is 35.6 Å². The van der Waals surface area contributed by atoms with Gasteiger partial charge in [-0.05, 0) is 49.3 Å². The number of hydrogen-bond acceptors (Lipinski definition) is 2. The van der Waals surface area contributed by atoms with Gasteiger partial charge in [0.05, 0.1) is 6.54 Å². The van der Waals surface area contributed by atoms with E-state index in [0.29, 0.717) is 30.5 Å². The van der Waals surface area contributed by atoms with Crippen molar-refractivity contribution < 1.29 is 4.39 Å². The average Bonchev–Trinajstić information content (AvgIpc) is 2.55. The minimum Gasteiger partial charge on any atom is -0.370 e. The molecule has 0 heterocycles. The van der Waals surface area contributed by atoms with E-state index < -0.39 is 0 Å². The topological polar surface area (TPSA) is 53.6 Å². The highest BCUT2D eigenvalue weighted by molar-refractivity contribution is 14.0. The van der Waals surface area contributed by atoms with Crippen molar-refractivity contribution in [1.29, 1.82) is 0 Å². The summed E-state index contributed by atoms with van der Waals surface area (Å²) >= 11 is 0. The molecule has 3 N–H and O–H groups in total. The Labute approximate surface area is 172 Å². The molecular weight excluding hydrogens is 442 g/mol. The molecule has 0 amide bonds. The predicted octanol–water partition coefficient (Wildman–Crippen LogP) is 4.56. The van der Waals surface area contributed by atoms with Crippen molar-refractivity contribution in [3.63, 3.8) is 0 Å². The van der Waals surface area contributed by atoms with Gasteiger partial charge in [-0.3, -0.25) is 0 Å². The Balaban J connectivity index is 0.00000338. The Bertz CT molecular complexity index is 744. The van der Waals surface area contributed by atoms with Crippen molar-refractivity contribution in [3.8, 4) is 0 Å². The highest BCUT2D eigenvalue weighted by atomic mass is 127. The second kappa shape index (κ2) is 10.5. The standard InChI is InChI=1S/C20H27FN4.HI/c1-14(2)16-6-5-7-18(11-16)24-20(22)23-12-15-8-9-17(13-25(3)4)19(21)10-15;/h5-11,14H,12-13H2,1-4H3,(H3,22,23,24);1H. The van der Waals surface area contributed by atoms with Crippen LogP contribution in [0.25, 0.3) is 0 Å². The SMILES string of the molecule is CC(C)c1cccc(NC(N)=NCc2ccc(CN(C)C)c(F)c2)c1.I. The first-order chi connectivity index (χ1) is 11.8. The molecule has 0 unspecified atom stereocenters. The fraction of sp³-hybridized carbons (Fsp3) is 0.350. The van der Waals surface area contributed by atoms with Gasteiger partial charge in [-0.1, -0.05) is 38.1 Å². The van der Waals surface area contributed by atoms with Gasteiger partial charge in [0.15, 0.2) is 5.96 Å². The summed E-state index contributed by atoms with van der Waals surface area (Å²) in [6, 6.07) is 13.3. The summed E-state index contributed by atoms with van der Waals surface area (Å²) in [5.41, 5.74) is 9.56. The van der Waals surface area contributed by atoms with Crippen LogP contribution in [-0.4, -0.2) is 25.0 Å². The number of nitrogens with zero attached hydrogens (tertiary/aromatic N) is 2. The summed E-state index contributed by atoms with van der Waals surface area (Å²) in [4.78, 5) is 6.24. The minimum atomic E-state index is -0.211. The smallest absolute Gasteiger partial charge is 0.193 e. The van der Waals surface area contributed by atoms with Crippen LogP contribution >= 0.6 is 24.0 Å². The van der Waals surface area contributed by atoms with Crippen LogP contribution in [0.2, 0.25) is 0 Å². The molecule has 0 aliphatic heterocycles. The molecule has 0 radical (unpaired) electrons. The Kier molecular flexibility index (Phi) is 9.01. The molecule has 6 heteroatoms. The maximum Gasteiger partial charge on any atom is 0.193 e. The second-order valence-electron chi connectivity index (χ2n) is 6.77. The lowest BCUT2D eigenvalue weighted by atomic mass is 10.0. The first-order valence-electron chi connectivity index (χ1n) is 8.44. The van der Waals surface area contributed by atoms with Crippen LogP contribution in [0.15, 0.2) is 47.5 Å². The fourth-order valence-electron chi connectivity index (χ4n) is 2.50. The first-order valence-corrected chi connectivity index (χ1v) is 8.44. The van der Waals surface area contributed by atoms with Gasteiger partial charge in [0.25, 0.3) is 0 Å². The third-order valence-electron chi connectivity index (χ3n) is 3.86. The molecular formula is C20H28FIN4. The molecule has 0 bridgehead atoms. The normalized spacial score (nSPS) is 11.6. The first kappa shape index (κ1) is 22.4. The van der Waals surface area contributed by atoms with Crippen LogP contribution in [0, 0.1) is 5.82 Å². The van der Waals surface area contributed by atoms with Crippen molar-refractivity contribution in [2.24, 2.45) is 10.7 Å². The lowest BCUT2D eigenvalue weighted by molar-refractivity contribution is 0.392. The summed E-state index contributed by atoms with van der Waals surface area (Å²) in [6.45, 7) is 5.20. The Hall–Kier alpha value is -1.67. The number of anilines is 1. The second-order valence-corrected chi connectivity index (χ2v) is 6.77. The molecule has 2 rings (SSSR count). The lowest BCUT2D eigenvalue weighted by Gasteiger charge is -2.11. The van der Waals surface area contributed by atoms with Crippen LogP contribution in [0.5, 0.6) is 0 Å². The fourth-order valence-corrected chi connectivity index (χ4v) is 2.50. The molecule has 0 atom stereocenters. The molecule has 0 spiro atoms. The number of rotatable bonds is 6. The van der Waals surface area contributed by atoms with Crippen LogP contribution in [-0.2, 0) is 13.1 Å². The number of nitrogens with one attached hydrogen (secondary N) is 1. The van der Waals surface area contributed by atoms with Crippen molar-refractivity contribution in [3.05, 3.63) is 65.0 Å². The minimum absolute atomic E-state index is 0. The molecule has 2 aromatic carbocycles. The van der Waals surface area contributed by atoms with E-state index in [1.54, 1.807) is 6.07 Å². The van der Waals surface area contributed by atoms with Gasteiger partial charge in [-0.15, -0.1) is 24.0 Å². The zero-order valence-electron chi connectivity index (χ0n) is 15.8. The zero-order chi connectivity index (χ0) is 18.4. The Morgan fingerprint density at radius 3 is 2.54 bits per heavy atom. The molecule has 0 aliphatic rings. The zero-order valence-corrected chi connectivity index (χ0v) is 18.1. The van der Waals surface area contributed by atoms with Gasteiger partial charge in [0.2, 0.25) is 0 Å². The number of guanidine groups is 1. The van der Waals surface area contributed by atoms with E-state index in [-0.39, 0.29) is 29.8 Å². The molecule has 0 aromatic heterocycles. The number of aliphatic imine (C=N–C) groups is 1. The van der Waals surface area contributed by atoms with E-state index in [2.05, 4.69) is 36.3 Å². The van der Waals surface area contributed by atoms with E-state index in [9.17, 15) is 4.39 Å². The van der Waals surface area contributed by atoms with Crippen molar-refractivity contribution in [2.75, 3.05) is 19.4 Å². The molecule has 0 fully saturated rings. The van der Waals surface area contributed by atoms with Gasteiger partial charge >= 0.3 is 0 Å². The molecule has 0 saturated carbocycles. The number of hydrogen-bond donors (Lipinski definition) is 2. The van der Waals surface area contributed by atoms with Gasteiger partial charge in [-0.2, -0.15) is 0 Å². The van der Waals surface area contributed by atoms with Crippen LogP contribution in [0.4, 0.5) is 10.1 Å². The molecule has 2 aromatic rings. The monoisotopic (exact) mass is 470 g/mol. The third kappa shape index (κ3) is 6.92. The summed E-state index contributed by atoms with van der Waals surface area (Å²) < 4.78 is 14.1. The quantitative estimate of drug-likeness (QED) is 0.370. The van der Waals surface area contributed by atoms with Crippen LogP contribution in [0.3, 0.4) is 0 Å². The van der Waals surface area contributed by atoms with Crippen LogP contribution < -0.4 is 11.1 Å². The van der Waals surface area contributed by atoms with E-state index in [1.165, 1.54) is 11.6 Å². The molecule has 142 valence electrons. The van der Waals surface area contributed by atoms with E-state index in [1.807, 2.05) is 37.2 Å².